The Morgan fingerprint density at radius 1 is 1.20 bits per heavy atom. The van der Waals surface area contributed by atoms with E-state index < -0.39 is 12.6 Å². The number of carbonyl (C=O) groups excluding carboxylic acids is 1. The fourth-order valence-electron chi connectivity index (χ4n) is 1.85. The van der Waals surface area contributed by atoms with Crippen LogP contribution in [0.3, 0.4) is 0 Å². The van der Waals surface area contributed by atoms with Gasteiger partial charge in [-0.05, 0) is 37.6 Å². The van der Waals surface area contributed by atoms with Crippen molar-refractivity contribution in [3.8, 4) is 0 Å². The SMILES string of the molecule is CCNC(=NCCCC(=O)Nc1ccc(Cl)cc1)NCCC(F)(F)F. The zero-order chi connectivity index (χ0) is 18.7. The summed E-state index contributed by atoms with van der Waals surface area (Å²) >= 11 is 5.77. The summed E-state index contributed by atoms with van der Waals surface area (Å²) in [5, 5.41) is 8.79. The highest BCUT2D eigenvalue weighted by molar-refractivity contribution is 6.30. The van der Waals surface area contributed by atoms with Gasteiger partial charge in [-0.25, -0.2) is 0 Å². The van der Waals surface area contributed by atoms with Gasteiger partial charge in [0.1, 0.15) is 0 Å². The molecule has 0 spiro atoms. The number of hydrogen-bond acceptors (Lipinski definition) is 2. The van der Waals surface area contributed by atoms with Crippen molar-refractivity contribution < 1.29 is 18.0 Å². The van der Waals surface area contributed by atoms with E-state index in [1.54, 1.807) is 24.3 Å². The summed E-state index contributed by atoms with van der Waals surface area (Å²) in [6.45, 7) is 2.44. The van der Waals surface area contributed by atoms with Gasteiger partial charge in [0.05, 0.1) is 6.42 Å². The second kappa shape index (κ2) is 10.8. The number of hydrogen-bond donors (Lipinski definition) is 3. The van der Waals surface area contributed by atoms with Gasteiger partial charge in [0, 0.05) is 36.8 Å². The summed E-state index contributed by atoms with van der Waals surface area (Å²) in [6.07, 6.45) is -4.39. The smallest absolute Gasteiger partial charge is 0.357 e. The van der Waals surface area contributed by atoms with Crippen LogP contribution in [0.25, 0.3) is 0 Å². The van der Waals surface area contributed by atoms with Gasteiger partial charge < -0.3 is 16.0 Å². The molecule has 0 radical (unpaired) electrons. The van der Waals surface area contributed by atoms with Gasteiger partial charge in [-0.1, -0.05) is 11.6 Å². The second-order valence-corrected chi connectivity index (χ2v) is 5.65. The monoisotopic (exact) mass is 378 g/mol. The van der Waals surface area contributed by atoms with E-state index in [1.807, 2.05) is 6.92 Å². The van der Waals surface area contributed by atoms with Crippen molar-refractivity contribution in [2.45, 2.75) is 32.4 Å². The van der Waals surface area contributed by atoms with E-state index in [1.165, 1.54) is 0 Å². The highest BCUT2D eigenvalue weighted by Gasteiger charge is 2.26. The molecule has 9 heteroatoms. The molecule has 0 aliphatic heterocycles. The average molecular weight is 379 g/mol. The third kappa shape index (κ3) is 10.5. The van der Waals surface area contributed by atoms with Crippen LogP contribution >= 0.6 is 11.6 Å². The number of benzene rings is 1. The molecule has 0 atom stereocenters. The van der Waals surface area contributed by atoms with Crippen LogP contribution in [0.4, 0.5) is 18.9 Å². The minimum absolute atomic E-state index is 0.160. The van der Waals surface area contributed by atoms with Gasteiger partial charge in [0.2, 0.25) is 5.91 Å². The highest BCUT2D eigenvalue weighted by Crippen LogP contribution is 2.18. The van der Waals surface area contributed by atoms with Gasteiger partial charge in [-0.2, -0.15) is 13.2 Å². The summed E-state index contributed by atoms with van der Waals surface area (Å²) < 4.78 is 36.4. The first-order valence-corrected chi connectivity index (χ1v) is 8.32. The number of alkyl halides is 3. The fraction of sp³-hybridized carbons (Fsp3) is 0.500. The first-order chi connectivity index (χ1) is 11.8. The molecule has 0 aromatic heterocycles. The van der Waals surface area contributed by atoms with Gasteiger partial charge in [0.15, 0.2) is 5.96 Å². The van der Waals surface area contributed by atoms with E-state index in [0.717, 1.165) is 0 Å². The molecule has 0 unspecified atom stereocenters. The minimum Gasteiger partial charge on any atom is -0.357 e. The number of nitrogens with zero attached hydrogens (tertiary/aromatic N) is 1. The molecule has 0 fully saturated rings. The molecule has 1 amide bonds. The molecule has 0 aliphatic rings. The molecule has 0 saturated heterocycles. The molecular weight excluding hydrogens is 357 g/mol. The average Bonchev–Trinajstić information content (AvgIpc) is 2.52. The standard InChI is InChI=1S/C16H22ClF3N4O/c1-2-21-15(23-11-9-16(18,19)20)22-10-3-4-14(25)24-13-7-5-12(17)6-8-13/h5-8H,2-4,9-11H2,1H3,(H,24,25)(H2,21,22,23). The lowest BCUT2D eigenvalue weighted by atomic mass is 10.2. The number of aliphatic imine (C=N–C) groups is 1. The van der Waals surface area contributed by atoms with Gasteiger partial charge >= 0.3 is 6.18 Å². The van der Waals surface area contributed by atoms with Gasteiger partial charge in [-0.15, -0.1) is 0 Å². The number of carbonyl (C=O) groups is 1. The predicted octanol–water partition coefficient (Wildman–Crippen LogP) is 3.57. The van der Waals surface area contributed by atoms with E-state index in [0.29, 0.717) is 36.2 Å². The van der Waals surface area contributed by atoms with Crippen molar-refractivity contribution in [2.24, 2.45) is 4.99 Å². The number of rotatable bonds is 8. The van der Waals surface area contributed by atoms with Crippen LogP contribution in [-0.2, 0) is 4.79 Å². The Bertz CT molecular complexity index is 561. The molecule has 25 heavy (non-hydrogen) atoms. The van der Waals surface area contributed by atoms with Crippen molar-refractivity contribution in [3.05, 3.63) is 29.3 Å². The van der Waals surface area contributed by atoms with Gasteiger partial charge in [0.25, 0.3) is 0 Å². The summed E-state index contributed by atoms with van der Waals surface area (Å²) in [7, 11) is 0. The fourth-order valence-corrected chi connectivity index (χ4v) is 1.98. The first-order valence-electron chi connectivity index (χ1n) is 7.94. The van der Waals surface area contributed by atoms with E-state index in [2.05, 4.69) is 20.9 Å². The van der Waals surface area contributed by atoms with Crippen LogP contribution in [-0.4, -0.2) is 37.7 Å². The maximum absolute atomic E-state index is 12.1. The number of anilines is 1. The molecule has 0 aliphatic carbocycles. The number of halogens is 4. The number of nitrogens with one attached hydrogen (secondary N) is 3. The zero-order valence-electron chi connectivity index (χ0n) is 13.9. The van der Waals surface area contributed by atoms with E-state index in [9.17, 15) is 18.0 Å². The lowest BCUT2D eigenvalue weighted by molar-refractivity contribution is -0.132. The molecule has 1 rings (SSSR count). The topological polar surface area (TPSA) is 65.5 Å². The highest BCUT2D eigenvalue weighted by atomic mass is 35.5. The molecule has 1 aromatic carbocycles. The molecule has 5 nitrogen and oxygen atoms in total. The summed E-state index contributed by atoms with van der Waals surface area (Å²) in [6, 6.07) is 6.76. The van der Waals surface area contributed by atoms with E-state index >= 15 is 0 Å². The molecule has 140 valence electrons. The zero-order valence-corrected chi connectivity index (χ0v) is 14.7. The first kappa shape index (κ1) is 21.1. The third-order valence-corrected chi connectivity index (χ3v) is 3.26. The Labute approximate surface area is 150 Å². The van der Waals surface area contributed by atoms with Crippen molar-refractivity contribution >= 4 is 29.2 Å². The maximum atomic E-state index is 12.1. The lowest BCUT2D eigenvalue weighted by Gasteiger charge is -2.12. The Balaban J connectivity index is 2.31. The lowest BCUT2D eigenvalue weighted by Crippen LogP contribution is -2.39. The molecule has 0 saturated carbocycles. The van der Waals surface area contributed by atoms with Crippen LogP contribution in [0, 0.1) is 0 Å². The van der Waals surface area contributed by atoms with Crippen LogP contribution < -0.4 is 16.0 Å². The normalized spacial score (nSPS) is 12.0. The second-order valence-electron chi connectivity index (χ2n) is 5.21. The van der Waals surface area contributed by atoms with Crippen molar-refractivity contribution in [1.29, 1.82) is 0 Å². The largest absolute Gasteiger partial charge is 0.390 e. The van der Waals surface area contributed by atoms with Crippen LogP contribution in [0.15, 0.2) is 29.3 Å². The summed E-state index contributed by atoms with van der Waals surface area (Å²) in [5.41, 5.74) is 0.653. The van der Waals surface area contributed by atoms with E-state index in [-0.39, 0.29) is 18.9 Å². The molecular formula is C16H22ClF3N4O. The Kier molecular flexibility index (Phi) is 9.12. The number of amides is 1. The third-order valence-electron chi connectivity index (χ3n) is 3.00. The molecule has 0 bridgehead atoms. The summed E-state index contributed by atoms with van der Waals surface area (Å²) in [4.78, 5) is 16.0. The Morgan fingerprint density at radius 2 is 1.88 bits per heavy atom. The minimum atomic E-state index is -4.20. The van der Waals surface area contributed by atoms with Crippen LogP contribution in [0.2, 0.25) is 5.02 Å². The van der Waals surface area contributed by atoms with Crippen LogP contribution in [0.1, 0.15) is 26.2 Å². The number of guanidine groups is 1. The summed E-state index contributed by atoms with van der Waals surface area (Å²) in [5.74, 6) is 0.150. The molecule has 3 N–H and O–H groups in total. The van der Waals surface area contributed by atoms with Crippen molar-refractivity contribution in [1.82, 2.24) is 10.6 Å². The Hall–Kier alpha value is -1.96. The van der Waals surface area contributed by atoms with Crippen molar-refractivity contribution in [2.75, 3.05) is 25.0 Å². The molecule has 0 heterocycles. The maximum Gasteiger partial charge on any atom is 0.390 e. The molecule has 1 aromatic rings. The van der Waals surface area contributed by atoms with E-state index in [4.69, 9.17) is 11.6 Å². The van der Waals surface area contributed by atoms with Gasteiger partial charge in [-0.3, -0.25) is 9.79 Å². The predicted molar refractivity (Wildman–Crippen MR) is 94.0 cm³/mol. The van der Waals surface area contributed by atoms with Crippen molar-refractivity contribution in [3.63, 3.8) is 0 Å². The quantitative estimate of drug-likeness (QED) is 0.368. The van der Waals surface area contributed by atoms with Crippen LogP contribution in [0.5, 0.6) is 0 Å². The Morgan fingerprint density at radius 3 is 2.48 bits per heavy atom.